The molecular weight excluding hydrogens is 609 g/mol. The van der Waals surface area contributed by atoms with E-state index in [1.165, 1.54) is 26.0 Å². The molecule has 12 nitrogen and oxygen atoms in total. The van der Waals surface area contributed by atoms with E-state index in [-0.39, 0.29) is 40.7 Å². The average molecular weight is 642 g/mol. The predicted molar refractivity (Wildman–Crippen MR) is 143 cm³/mol. The fourth-order valence-corrected chi connectivity index (χ4v) is 5.81. The maximum absolute atomic E-state index is 14.0. The molecule has 1 aliphatic rings. The molecule has 0 aliphatic carbocycles. The van der Waals surface area contributed by atoms with Gasteiger partial charge >= 0.3 is 18.8 Å². The summed E-state index contributed by atoms with van der Waals surface area (Å²) in [5.74, 6) is -0.951. The van der Waals surface area contributed by atoms with Gasteiger partial charge in [-0.15, -0.1) is 5.10 Å². The molecule has 1 aromatic carbocycles. The number of carbonyl (C=O) groups is 2. The van der Waals surface area contributed by atoms with Crippen LogP contribution in [0.15, 0.2) is 29.3 Å². The number of amides is 2. The maximum Gasteiger partial charge on any atom is 0.427 e. The standard InChI is InChI=1S/C25H32F5N5O7S/c1-7-40-20-19(13-34(33-20)21(26)27)43(38,39)35-12-16(11-23(3,4)32-14(2)36)41-18-9-8-15(10-17(18)35)31-22(37)42-24(5,6)25(28,29)30/h8-10,13,16,21H,7,11-12H2,1-6H3,(H,31,37)(H,32,36). The Morgan fingerprint density at radius 3 is 2.40 bits per heavy atom. The minimum atomic E-state index is -4.88. The number of carbonyl (C=O) groups excluding carboxylic acids is 2. The summed E-state index contributed by atoms with van der Waals surface area (Å²) < 4.78 is 111. The van der Waals surface area contributed by atoms with E-state index in [0.717, 1.165) is 10.4 Å². The zero-order chi connectivity index (χ0) is 32.5. The van der Waals surface area contributed by atoms with Crippen molar-refractivity contribution in [2.45, 2.75) is 82.8 Å². The minimum absolute atomic E-state index is 0.0211. The number of anilines is 2. The van der Waals surface area contributed by atoms with Gasteiger partial charge in [-0.3, -0.25) is 14.4 Å². The second-order valence-corrected chi connectivity index (χ2v) is 12.6. The molecule has 1 aliphatic heterocycles. The predicted octanol–water partition coefficient (Wildman–Crippen LogP) is 4.83. The summed E-state index contributed by atoms with van der Waals surface area (Å²) in [7, 11) is -4.71. The third-order valence-corrected chi connectivity index (χ3v) is 7.90. The van der Waals surface area contributed by atoms with E-state index in [1.807, 2.05) is 0 Å². The number of rotatable bonds is 10. The summed E-state index contributed by atoms with van der Waals surface area (Å²) in [6.45, 7) is 3.81. The molecule has 43 heavy (non-hydrogen) atoms. The molecule has 0 saturated carbocycles. The second kappa shape index (κ2) is 12.0. The Morgan fingerprint density at radius 1 is 1.19 bits per heavy atom. The molecule has 0 radical (unpaired) electrons. The van der Waals surface area contributed by atoms with Crippen LogP contribution in [0.4, 0.5) is 38.1 Å². The molecule has 2 N–H and O–H groups in total. The van der Waals surface area contributed by atoms with Crippen molar-refractivity contribution < 1.29 is 54.2 Å². The van der Waals surface area contributed by atoms with Crippen LogP contribution < -0.4 is 24.4 Å². The van der Waals surface area contributed by atoms with Crippen LogP contribution in [-0.2, 0) is 19.6 Å². The first-order valence-corrected chi connectivity index (χ1v) is 14.3. The Kier molecular flexibility index (Phi) is 9.43. The molecular formula is C25H32F5N5O7S. The van der Waals surface area contributed by atoms with Gasteiger partial charge in [0.05, 0.1) is 25.0 Å². The number of benzene rings is 1. The van der Waals surface area contributed by atoms with Crippen molar-refractivity contribution in [1.29, 1.82) is 0 Å². The van der Waals surface area contributed by atoms with Crippen LogP contribution in [0, 0.1) is 0 Å². The van der Waals surface area contributed by atoms with E-state index in [4.69, 9.17) is 9.47 Å². The first kappa shape index (κ1) is 33.7. The van der Waals surface area contributed by atoms with Gasteiger partial charge in [-0.05, 0) is 52.8 Å². The number of hydrogen-bond acceptors (Lipinski definition) is 8. The van der Waals surface area contributed by atoms with Crippen molar-refractivity contribution in [2.75, 3.05) is 22.8 Å². The van der Waals surface area contributed by atoms with Crippen LogP contribution in [0.2, 0.25) is 0 Å². The second-order valence-electron chi connectivity index (χ2n) is 10.7. The zero-order valence-corrected chi connectivity index (χ0v) is 24.9. The van der Waals surface area contributed by atoms with Gasteiger partial charge in [-0.1, -0.05) is 0 Å². The SMILES string of the molecule is CCOc1nn(C(F)F)cc1S(=O)(=O)N1CC(CC(C)(C)NC(C)=O)Oc2ccc(NC(=O)OC(C)(C)C(F)(F)F)cc21. The highest BCUT2D eigenvalue weighted by Gasteiger charge is 2.51. The normalized spacial score (nSPS) is 15.9. The van der Waals surface area contributed by atoms with E-state index in [0.29, 0.717) is 20.0 Å². The number of sulfonamides is 1. The van der Waals surface area contributed by atoms with Crippen LogP contribution in [0.3, 0.4) is 0 Å². The summed E-state index contributed by atoms with van der Waals surface area (Å²) in [6.07, 6.45) is -6.51. The van der Waals surface area contributed by atoms with E-state index >= 15 is 0 Å². The third-order valence-electron chi connectivity index (χ3n) is 6.14. The molecule has 240 valence electrons. The monoisotopic (exact) mass is 641 g/mol. The molecule has 0 bridgehead atoms. The van der Waals surface area contributed by atoms with Gasteiger partial charge in [0.2, 0.25) is 11.5 Å². The van der Waals surface area contributed by atoms with Crippen molar-refractivity contribution in [2.24, 2.45) is 0 Å². The van der Waals surface area contributed by atoms with Crippen LogP contribution in [0.1, 0.15) is 54.5 Å². The van der Waals surface area contributed by atoms with E-state index in [1.54, 1.807) is 13.8 Å². The summed E-state index contributed by atoms with van der Waals surface area (Å²) in [5.41, 5.74) is -4.03. The first-order chi connectivity index (χ1) is 19.7. The number of nitrogens with zero attached hydrogens (tertiary/aromatic N) is 3. The Morgan fingerprint density at radius 2 is 1.84 bits per heavy atom. The summed E-state index contributed by atoms with van der Waals surface area (Å²) >= 11 is 0. The minimum Gasteiger partial charge on any atom is -0.486 e. The Hall–Kier alpha value is -3.83. The van der Waals surface area contributed by atoms with E-state index in [2.05, 4.69) is 20.5 Å². The Bertz CT molecular complexity index is 1460. The summed E-state index contributed by atoms with van der Waals surface area (Å²) in [4.78, 5) is 23.3. The molecule has 2 amide bonds. The zero-order valence-electron chi connectivity index (χ0n) is 24.1. The number of alkyl halides is 5. The highest BCUT2D eigenvalue weighted by Crippen LogP contribution is 2.42. The summed E-state index contributed by atoms with van der Waals surface area (Å²) in [6, 6.07) is 3.63. The molecule has 1 unspecified atom stereocenters. The van der Waals surface area contributed by atoms with Crippen molar-refractivity contribution in [3.8, 4) is 11.6 Å². The molecule has 2 heterocycles. The molecule has 1 aromatic heterocycles. The Balaban J connectivity index is 2.06. The number of aromatic nitrogens is 2. The fourth-order valence-electron chi connectivity index (χ4n) is 4.24. The molecule has 3 rings (SSSR count). The lowest BCUT2D eigenvalue weighted by atomic mass is 9.95. The number of fused-ring (bicyclic) bond motifs is 1. The summed E-state index contributed by atoms with van der Waals surface area (Å²) in [5, 5.41) is 8.39. The quantitative estimate of drug-likeness (QED) is 0.352. The molecule has 18 heteroatoms. The van der Waals surface area contributed by atoms with Gasteiger partial charge in [0.25, 0.3) is 15.9 Å². The van der Waals surface area contributed by atoms with E-state index < -0.39 is 63.4 Å². The average Bonchev–Trinajstić information content (AvgIpc) is 3.27. The molecule has 0 spiro atoms. The van der Waals surface area contributed by atoms with Gasteiger partial charge in [0, 0.05) is 24.6 Å². The number of hydrogen-bond donors (Lipinski definition) is 2. The highest BCUT2D eigenvalue weighted by molar-refractivity contribution is 7.93. The lowest BCUT2D eigenvalue weighted by Gasteiger charge is -2.38. The van der Waals surface area contributed by atoms with Crippen molar-refractivity contribution in [3.05, 3.63) is 24.4 Å². The van der Waals surface area contributed by atoms with Crippen LogP contribution in [0.5, 0.6) is 11.6 Å². The fraction of sp³-hybridized carbons (Fsp3) is 0.560. The third kappa shape index (κ3) is 7.77. The van der Waals surface area contributed by atoms with Gasteiger partial charge in [0.1, 0.15) is 11.9 Å². The van der Waals surface area contributed by atoms with E-state index in [9.17, 15) is 40.0 Å². The number of halogens is 5. The van der Waals surface area contributed by atoms with Gasteiger partial charge in [0.15, 0.2) is 4.90 Å². The molecule has 2 aromatic rings. The Labute approximate surface area is 244 Å². The highest BCUT2D eigenvalue weighted by atomic mass is 32.2. The lowest BCUT2D eigenvalue weighted by Crippen LogP contribution is -2.50. The van der Waals surface area contributed by atoms with Crippen LogP contribution in [0.25, 0.3) is 0 Å². The van der Waals surface area contributed by atoms with Crippen molar-refractivity contribution >= 4 is 33.4 Å². The lowest BCUT2D eigenvalue weighted by molar-refractivity contribution is -0.242. The van der Waals surface area contributed by atoms with Gasteiger partial charge < -0.3 is 19.5 Å². The first-order valence-electron chi connectivity index (χ1n) is 12.9. The molecule has 0 saturated heterocycles. The number of nitrogens with one attached hydrogen (secondary N) is 2. The van der Waals surface area contributed by atoms with Crippen molar-refractivity contribution in [1.82, 2.24) is 15.1 Å². The van der Waals surface area contributed by atoms with Crippen LogP contribution >= 0.6 is 0 Å². The topological polar surface area (TPSA) is 141 Å². The van der Waals surface area contributed by atoms with Crippen LogP contribution in [-0.4, -0.2) is 66.8 Å². The van der Waals surface area contributed by atoms with Crippen molar-refractivity contribution in [3.63, 3.8) is 0 Å². The molecule has 1 atom stereocenters. The van der Waals surface area contributed by atoms with Gasteiger partial charge in [-0.25, -0.2) is 17.9 Å². The smallest absolute Gasteiger partial charge is 0.427 e. The largest absolute Gasteiger partial charge is 0.486 e. The van der Waals surface area contributed by atoms with Gasteiger partial charge in [-0.2, -0.15) is 22.0 Å². The number of ether oxygens (including phenoxy) is 3. The maximum atomic E-state index is 14.0. The molecule has 0 fully saturated rings.